The van der Waals surface area contributed by atoms with Crippen LogP contribution in [0.2, 0.25) is 5.02 Å². The maximum Gasteiger partial charge on any atom is 0.416 e. The van der Waals surface area contributed by atoms with Crippen LogP contribution in [0.25, 0.3) is 0 Å². The van der Waals surface area contributed by atoms with Gasteiger partial charge in [-0.05, 0) is 42.5 Å². The van der Waals surface area contributed by atoms with Gasteiger partial charge in [0.25, 0.3) is 5.91 Å². The van der Waals surface area contributed by atoms with E-state index in [1.165, 1.54) is 0 Å². The highest BCUT2D eigenvalue weighted by Gasteiger charge is 2.37. The van der Waals surface area contributed by atoms with E-state index in [1.54, 1.807) is 29.7 Å². The van der Waals surface area contributed by atoms with Gasteiger partial charge in [0.15, 0.2) is 5.78 Å². The summed E-state index contributed by atoms with van der Waals surface area (Å²) in [6, 6.07) is 6.75. The van der Waals surface area contributed by atoms with E-state index < -0.39 is 47.3 Å². The van der Waals surface area contributed by atoms with E-state index >= 15 is 0 Å². The van der Waals surface area contributed by atoms with Crippen molar-refractivity contribution in [2.75, 3.05) is 18.5 Å². The highest BCUT2D eigenvalue weighted by Crippen LogP contribution is 2.36. The van der Waals surface area contributed by atoms with Crippen LogP contribution in [0, 0.1) is 0 Å². The van der Waals surface area contributed by atoms with Crippen molar-refractivity contribution < 1.29 is 40.8 Å². The molecule has 0 unspecified atom stereocenters. The third-order valence-corrected chi connectivity index (χ3v) is 3.83. The van der Waals surface area contributed by atoms with Gasteiger partial charge in [-0.1, -0.05) is 11.6 Å². The molecule has 12 heteroatoms. The summed E-state index contributed by atoms with van der Waals surface area (Å²) in [5.41, 5.74) is -2.00. The topological polar surface area (TPSA) is 67.4 Å². The van der Waals surface area contributed by atoms with Gasteiger partial charge in [0.2, 0.25) is 0 Å². The van der Waals surface area contributed by atoms with Gasteiger partial charge in [-0.15, -0.1) is 0 Å². The van der Waals surface area contributed by atoms with Crippen molar-refractivity contribution in [3.63, 3.8) is 0 Å². The first kappa shape index (κ1) is 23.5. The fourth-order valence-electron chi connectivity index (χ4n) is 2.15. The van der Waals surface area contributed by atoms with Gasteiger partial charge in [0, 0.05) is 16.3 Å². The van der Waals surface area contributed by atoms with Crippen molar-refractivity contribution in [1.29, 1.82) is 0 Å². The summed E-state index contributed by atoms with van der Waals surface area (Å²) in [6.45, 7) is -0.878. The van der Waals surface area contributed by atoms with Gasteiger partial charge in [-0.25, -0.2) is 5.48 Å². The Balaban J connectivity index is 1.95. The molecule has 2 aromatic rings. The molecule has 0 heterocycles. The third-order valence-electron chi connectivity index (χ3n) is 3.58. The highest BCUT2D eigenvalue weighted by molar-refractivity contribution is 6.30. The number of rotatable bonds is 7. The number of hydroxylamine groups is 1. The maximum absolute atomic E-state index is 12.8. The summed E-state index contributed by atoms with van der Waals surface area (Å²) in [6.07, 6.45) is -10.2. The van der Waals surface area contributed by atoms with Gasteiger partial charge >= 0.3 is 12.4 Å². The van der Waals surface area contributed by atoms with E-state index in [-0.39, 0.29) is 24.7 Å². The molecular formula is C18H13ClF6N2O3. The molecule has 0 atom stereocenters. The minimum absolute atomic E-state index is 0.108. The molecule has 2 aromatic carbocycles. The summed E-state index contributed by atoms with van der Waals surface area (Å²) in [5.74, 6) is -1.92. The first-order valence-electron chi connectivity index (χ1n) is 8.09. The van der Waals surface area contributed by atoms with E-state index in [2.05, 4.69) is 10.2 Å². The van der Waals surface area contributed by atoms with E-state index in [0.29, 0.717) is 10.7 Å². The number of hydrogen-bond donors (Lipinski definition) is 2. The molecule has 162 valence electrons. The second-order valence-corrected chi connectivity index (χ2v) is 6.35. The summed E-state index contributed by atoms with van der Waals surface area (Å²) in [4.78, 5) is 28.2. The standard InChI is InChI=1S/C18H13ClF6N2O3/c19-13-1-3-14(4-2-13)26-8-15(28)9-30-27-16(29)10-5-11(17(20,21)22)7-12(6-10)18(23,24)25/h1-7,26H,8-9H2,(H,27,29). The Morgan fingerprint density at radius 3 is 1.93 bits per heavy atom. The zero-order valence-corrected chi connectivity index (χ0v) is 15.6. The third kappa shape index (κ3) is 6.92. The summed E-state index contributed by atoms with van der Waals surface area (Å²) in [5, 5.41) is 3.23. The molecule has 0 aliphatic carbocycles. The second-order valence-electron chi connectivity index (χ2n) is 5.91. The fraction of sp³-hybridized carbons (Fsp3) is 0.222. The van der Waals surface area contributed by atoms with Crippen LogP contribution in [0.1, 0.15) is 21.5 Å². The van der Waals surface area contributed by atoms with Gasteiger partial charge in [0.1, 0.15) is 6.61 Å². The molecule has 0 fully saturated rings. The summed E-state index contributed by atoms with van der Waals surface area (Å²) in [7, 11) is 0. The first-order valence-corrected chi connectivity index (χ1v) is 8.47. The largest absolute Gasteiger partial charge is 0.416 e. The molecule has 0 aromatic heterocycles. The van der Waals surface area contributed by atoms with Crippen LogP contribution in [-0.4, -0.2) is 24.8 Å². The number of alkyl halides is 6. The minimum Gasteiger partial charge on any atom is -0.378 e. The van der Waals surface area contributed by atoms with E-state index in [1.807, 2.05) is 0 Å². The number of halogens is 7. The smallest absolute Gasteiger partial charge is 0.378 e. The molecule has 1 amide bonds. The average molecular weight is 455 g/mol. The zero-order valence-electron chi connectivity index (χ0n) is 14.8. The molecule has 0 spiro atoms. The molecule has 0 bridgehead atoms. The lowest BCUT2D eigenvalue weighted by molar-refractivity contribution is -0.143. The van der Waals surface area contributed by atoms with Crippen LogP contribution in [0.5, 0.6) is 0 Å². The summed E-state index contributed by atoms with van der Waals surface area (Å²) < 4.78 is 76.9. The minimum atomic E-state index is -5.10. The van der Waals surface area contributed by atoms with Crippen LogP contribution in [0.15, 0.2) is 42.5 Å². The van der Waals surface area contributed by atoms with Gasteiger partial charge in [0.05, 0.1) is 17.7 Å². The zero-order chi connectivity index (χ0) is 22.5. The van der Waals surface area contributed by atoms with Crippen LogP contribution in [0.4, 0.5) is 32.0 Å². The second kappa shape index (κ2) is 9.35. The Bertz CT molecular complexity index is 881. The predicted octanol–water partition coefficient (Wildman–Crippen LogP) is 4.72. The van der Waals surface area contributed by atoms with Crippen molar-refractivity contribution >= 4 is 29.0 Å². The molecule has 0 saturated carbocycles. The molecule has 0 aliphatic rings. The molecular weight excluding hydrogens is 442 g/mol. The quantitative estimate of drug-likeness (QED) is 0.469. The van der Waals surface area contributed by atoms with Crippen molar-refractivity contribution in [1.82, 2.24) is 5.48 Å². The molecule has 30 heavy (non-hydrogen) atoms. The van der Waals surface area contributed by atoms with Crippen molar-refractivity contribution in [3.05, 3.63) is 64.2 Å². The van der Waals surface area contributed by atoms with Gasteiger partial charge in [-0.3, -0.25) is 14.4 Å². The fourth-order valence-corrected chi connectivity index (χ4v) is 2.27. The number of Topliss-reactive ketones (excluding diaryl/α,β-unsaturated/α-hetero) is 1. The van der Waals surface area contributed by atoms with Crippen LogP contribution >= 0.6 is 11.6 Å². The number of hydrogen-bond acceptors (Lipinski definition) is 4. The predicted molar refractivity (Wildman–Crippen MR) is 94.8 cm³/mol. The number of nitrogens with one attached hydrogen (secondary N) is 2. The number of anilines is 1. The van der Waals surface area contributed by atoms with Crippen molar-refractivity contribution in [3.8, 4) is 0 Å². The van der Waals surface area contributed by atoms with E-state index in [4.69, 9.17) is 11.6 Å². The van der Waals surface area contributed by atoms with Crippen LogP contribution in [-0.2, 0) is 22.0 Å². The Morgan fingerprint density at radius 2 is 1.43 bits per heavy atom. The Morgan fingerprint density at radius 1 is 0.900 bits per heavy atom. The lowest BCUT2D eigenvalue weighted by atomic mass is 10.0. The first-order chi connectivity index (χ1) is 13.9. The lowest BCUT2D eigenvalue weighted by Gasteiger charge is -2.14. The van der Waals surface area contributed by atoms with Gasteiger partial charge in [-0.2, -0.15) is 26.3 Å². The Hall–Kier alpha value is -2.79. The maximum atomic E-state index is 12.8. The number of carbonyl (C=O) groups is 2. The van der Waals surface area contributed by atoms with Gasteiger partial charge < -0.3 is 5.32 Å². The normalized spacial score (nSPS) is 11.8. The SMILES string of the molecule is O=C(CNc1ccc(Cl)cc1)CONC(=O)c1cc(C(F)(F)F)cc(C(F)(F)F)c1. The molecule has 0 saturated heterocycles. The molecule has 0 aliphatic heterocycles. The number of amides is 1. The van der Waals surface area contributed by atoms with Crippen molar-refractivity contribution in [2.45, 2.75) is 12.4 Å². The lowest BCUT2D eigenvalue weighted by Crippen LogP contribution is -2.29. The number of benzene rings is 2. The molecule has 5 nitrogen and oxygen atoms in total. The van der Waals surface area contributed by atoms with E-state index in [9.17, 15) is 35.9 Å². The van der Waals surface area contributed by atoms with Crippen molar-refractivity contribution in [2.24, 2.45) is 0 Å². The summed E-state index contributed by atoms with van der Waals surface area (Å²) >= 11 is 5.71. The number of ketones is 1. The molecule has 2 rings (SSSR count). The molecule has 2 N–H and O–H groups in total. The van der Waals surface area contributed by atoms with Crippen LogP contribution in [0.3, 0.4) is 0 Å². The number of carbonyl (C=O) groups excluding carboxylic acids is 2. The monoisotopic (exact) mass is 454 g/mol. The van der Waals surface area contributed by atoms with E-state index in [0.717, 1.165) is 0 Å². The highest BCUT2D eigenvalue weighted by atomic mass is 35.5. The average Bonchev–Trinajstić information content (AvgIpc) is 2.65. The Kier molecular flexibility index (Phi) is 7.32. The molecule has 0 radical (unpaired) electrons. The van der Waals surface area contributed by atoms with Crippen LogP contribution < -0.4 is 10.8 Å². The Labute approximate surface area is 170 Å².